The Bertz CT molecular complexity index is 980. The van der Waals surface area contributed by atoms with Gasteiger partial charge in [-0.3, -0.25) is 9.59 Å². The van der Waals surface area contributed by atoms with Gasteiger partial charge in [-0.1, -0.05) is 6.92 Å². The first kappa shape index (κ1) is 22.5. The molecule has 9 heteroatoms. The molecule has 0 spiro atoms. The number of carbonyl (C=O) groups is 1. The Labute approximate surface area is 181 Å². The third-order valence-corrected chi connectivity index (χ3v) is 6.07. The van der Waals surface area contributed by atoms with Crippen LogP contribution < -0.4 is 24.7 Å². The minimum atomic E-state index is -0.285. The molecular weight excluding hydrogens is 402 g/mol. The summed E-state index contributed by atoms with van der Waals surface area (Å²) in [7, 11) is 6.03. The number of rotatable bonds is 6. The Balaban J connectivity index is 2.00. The third-order valence-electron chi connectivity index (χ3n) is 6.07. The molecule has 1 aromatic heterocycles. The lowest BCUT2D eigenvalue weighted by Crippen LogP contribution is -2.50. The van der Waals surface area contributed by atoms with Gasteiger partial charge in [-0.15, -0.1) is 0 Å². The second kappa shape index (κ2) is 9.28. The van der Waals surface area contributed by atoms with Crippen molar-refractivity contribution < 1.29 is 23.7 Å². The summed E-state index contributed by atoms with van der Waals surface area (Å²) in [4.78, 5) is 34.1. The summed E-state index contributed by atoms with van der Waals surface area (Å²) in [5.41, 5.74) is 0.979. The molecule has 3 rings (SSSR count). The molecule has 1 aliphatic heterocycles. The Morgan fingerprint density at radius 2 is 1.74 bits per heavy atom. The van der Waals surface area contributed by atoms with Gasteiger partial charge >= 0.3 is 5.97 Å². The summed E-state index contributed by atoms with van der Waals surface area (Å²) in [5.74, 6) is 1.37. The van der Waals surface area contributed by atoms with E-state index in [1.54, 1.807) is 32.5 Å². The van der Waals surface area contributed by atoms with Crippen LogP contribution in [0.5, 0.6) is 17.2 Å². The number of aromatic nitrogens is 2. The van der Waals surface area contributed by atoms with Crippen molar-refractivity contribution in [1.29, 1.82) is 0 Å². The molecule has 3 atom stereocenters. The smallest absolute Gasteiger partial charge is 0.309 e. The predicted molar refractivity (Wildman–Crippen MR) is 116 cm³/mol. The van der Waals surface area contributed by atoms with Gasteiger partial charge in [-0.25, -0.2) is 4.98 Å². The topological polar surface area (TPSA) is 103 Å². The number of esters is 1. The standard InChI is InChI=1S/C22H29N3O6/c1-12-13(2)25(8-7-15(12)22(27)31-6)20-21(26)23-11-16(24-20)14-9-17(28-3)19(30-5)18(10-14)29-4/h9-13,15H,7-8H2,1-6H3,(H,23,26)/t12-,13+,15+/m0/s1. The first-order valence-corrected chi connectivity index (χ1v) is 10.1. The number of hydrogen-bond donors (Lipinski definition) is 1. The van der Waals surface area contributed by atoms with Crippen molar-refractivity contribution in [2.75, 3.05) is 39.9 Å². The average Bonchev–Trinajstić information content (AvgIpc) is 2.79. The highest BCUT2D eigenvalue weighted by Crippen LogP contribution is 2.41. The number of methoxy groups -OCH3 is 4. The lowest BCUT2D eigenvalue weighted by molar-refractivity contribution is -0.148. The van der Waals surface area contributed by atoms with Crippen LogP contribution in [-0.4, -0.2) is 57.0 Å². The number of nitrogens with zero attached hydrogens (tertiary/aromatic N) is 2. The van der Waals surface area contributed by atoms with E-state index >= 15 is 0 Å². The zero-order valence-electron chi connectivity index (χ0n) is 18.7. The van der Waals surface area contributed by atoms with Crippen LogP contribution in [0.15, 0.2) is 23.1 Å². The van der Waals surface area contributed by atoms with E-state index in [9.17, 15) is 9.59 Å². The van der Waals surface area contributed by atoms with Gasteiger partial charge in [0.15, 0.2) is 17.3 Å². The number of H-pyrrole nitrogens is 1. The third kappa shape index (κ3) is 4.17. The van der Waals surface area contributed by atoms with E-state index in [1.165, 1.54) is 14.2 Å². The van der Waals surface area contributed by atoms with Crippen LogP contribution in [0.1, 0.15) is 20.3 Å². The van der Waals surface area contributed by atoms with Gasteiger partial charge in [-0.2, -0.15) is 0 Å². The highest BCUT2D eigenvalue weighted by Gasteiger charge is 2.38. The van der Waals surface area contributed by atoms with E-state index in [4.69, 9.17) is 18.9 Å². The second-order valence-corrected chi connectivity index (χ2v) is 7.56. The Morgan fingerprint density at radius 3 is 2.29 bits per heavy atom. The summed E-state index contributed by atoms with van der Waals surface area (Å²) in [6, 6.07) is 3.49. The fourth-order valence-corrected chi connectivity index (χ4v) is 4.11. The van der Waals surface area contributed by atoms with Crippen molar-refractivity contribution in [3.8, 4) is 28.5 Å². The maximum atomic E-state index is 12.7. The summed E-state index contributed by atoms with van der Waals surface area (Å²) < 4.78 is 21.2. The molecule has 0 amide bonds. The van der Waals surface area contributed by atoms with E-state index in [0.717, 1.165) is 0 Å². The number of nitrogens with one attached hydrogen (secondary N) is 1. The quantitative estimate of drug-likeness (QED) is 0.696. The highest BCUT2D eigenvalue weighted by molar-refractivity contribution is 5.73. The fourth-order valence-electron chi connectivity index (χ4n) is 4.11. The SMILES string of the molecule is COC(=O)[C@@H]1CCN(c2nc(-c3cc(OC)c(OC)c(OC)c3)c[nH]c2=O)[C@H](C)[C@@H]1C. The minimum Gasteiger partial charge on any atom is -0.493 e. The summed E-state index contributed by atoms with van der Waals surface area (Å²) in [6.07, 6.45) is 2.15. The predicted octanol–water partition coefficient (Wildman–Crippen LogP) is 2.49. The molecule has 168 valence electrons. The normalized spacial score (nSPS) is 20.8. The van der Waals surface area contributed by atoms with Crippen molar-refractivity contribution in [1.82, 2.24) is 9.97 Å². The molecule has 1 aromatic carbocycles. The van der Waals surface area contributed by atoms with Crippen molar-refractivity contribution >= 4 is 11.8 Å². The maximum absolute atomic E-state index is 12.7. The molecule has 0 bridgehead atoms. The molecule has 0 aliphatic carbocycles. The number of hydrogen-bond acceptors (Lipinski definition) is 8. The van der Waals surface area contributed by atoms with Crippen LogP contribution in [0.4, 0.5) is 5.82 Å². The van der Waals surface area contributed by atoms with Crippen LogP contribution in [0.25, 0.3) is 11.3 Å². The number of ether oxygens (including phenoxy) is 4. The first-order chi connectivity index (χ1) is 14.9. The average molecular weight is 431 g/mol. The second-order valence-electron chi connectivity index (χ2n) is 7.56. The number of aromatic amines is 1. The number of benzene rings is 1. The van der Waals surface area contributed by atoms with Gasteiger partial charge in [-0.05, 0) is 31.4 Å². The Kier molecular flexibility index (Phi) is 6.72. The molecule has 9 nitrogen and oxygen atoms in total. The summed E-state index contributed by atoms with van der Waals surface area (Å²) >= 11 is 0. The van der Waals surface area contributed by atoms with E-state index in [1.807, 2.05) is 18.7 Å². The highest BCUT2D eigenvalue weighted by atomic mass is 16.5. The van der Waals surface area contributed by atoms with Gasteiger partial charge in [0, 0.05) is 24.3 Å². The van der Waals surface area contributed by atoms with Crippen LogP contribution in [0.3, 0.4) is 0 Å². The monoisotopic (exact) mass is 431 g/mol. The van der Waals surface area contributed by atoms with Crippen LogP contribution in [0, 0.1) is 11.8 Å². The van der Waals surface area contributed by atoms with E-state index in [-0.39, 0.29) is 29.4 Å². The van der Waals surface area contributed by atoms with Gasteiger partial charge < -0.3 is 28.8 Å². The van der Waals surface area contributed by atoms with Crippen molar-refractivity contribution in [3.05, 3.63) is 28.7 Å². The molecular formula is C22H29N3O6. The lowest BCUT2D eigenvalue weighted by Gasteiger charge is -2.41. The van der Waals surface area contributed by atoms with Crippen LogP contribution in [0.2, 0.25) is 0 Å². The van der Waals surface area contributed by atoms with Gasteiger partial charge in [0.05, 0.1) is 40.1 Å². The van der Waals surface area contributed by atoms with Gasteiger partial charge in [0.1, 0.15) is 0 Å². The van der Waals surface area contributed by atoms with Gasteiger partial charge in [0.25, 0.3) is 5.56 Å². The largest absolute Gasteiger partial charge is 0.493 e. The van der Waals surface area contributed by atoms with Crippen LogP contribution in [-0.2, 0) is 9.53 Å². The molecule has 2 aromatic rings. The zero-order chi connectivity index (χ0) is 22.7. The number of piperidine rings is 1. The molecule has 0 unspecified atom stereocenters. The lowest BCUT2D eigenvalue weighted by atomic mass is 9.81. The minimum absolute atomic E-state index is 0.00670. The molecule has 2 heterocycles. The van der Waals surface area contributed by atoms with E-state index < -0.39 is 0 Å². The fraction of sp³-hybridized carbons (Fsp3) is 0.500. The van der Waals surface area contributed by atoms with Crippen molar-refractivity contribution in [2.24, 2.45) is 11.8 Å². The van der Waals surface area contributed by atoms with E-state index in [2.05, 4.69) is 9.97 Å². The number of anilines is 1. The van der Waals surface area contributed by atoms with Crippen molar-refractivity contribution in [3.63, 3.8) is 0 Å². The first-order valence-electron chi connectivity index (χ1n) is 10.1. The number of carbonyl (C=O) groups excluding carboxylic acids is 1. The van der Waals surface area contributed by atoms with E-state index in [0.29, 0.717) is 47.3 Å². The molecule has 1 saturated heterocycles. The molecule has 1 fully saturated rings. The van der Waals surface area contributed by atoms with Crippen LogP contribution >= 0.6 is 0 Å². The summed E-state index contributed by atoms with van der Waals surface area (Å²) in [5, 5.41) is 0. The zero-order valence-corrected chi connectivity index (χ0v) is 18.7. The van der Waals surface area contributed by atoms with Crippen molar-refractivity contribution in [2.45, 2.75) is 26.3 Å². The maximum Gasteiger partial charge on any atom is 0.309 e. The molecule has 1 aliphatic rings. The molecule has 31 heavy (non-hydrogen) atoms. The summed E-state index contributed by atoms with van der Waals surface area (Å²) in [6.45, 7) is 4.52. The Morgan fingerprint density at radius 1 is 1.10 bits per heavy atom. The Hall–Kier alpha value is -3.23. The molecule has 0 radical (unpaired) electrons. The van der Waals surface area contributed by atoms with Gasteiger partial charge in [0.2, 0.25) is 5.75 Å². The molecule has 1 N–H and O–H groups in total. The molecule has 0 saturated carbocycles.